The predicted octanol–water partition coefficient (Wildman–Crippen LogP) is 1.62. The van der Waals surface area contributed by atoms with Gasteiger partial charge in [0.2, 0.25) is 0 Å². The van der Waals surface area contributed by atoms with Crippen LogP contribution in [-0.4, -0.2) is 12.2 Å². The molecule has 1 atom stereocenters. The van der Waals surface area contributed by atoms with Crippen molar-refractivity contribution >= 4 is 50.5 Å². The van der Waals surface area contributed by atoms with Gasteiger partial charge in [-0.05, 0) is 15.9 Å². The van der Waals surface area contributed by atoms with Crippen LogP contribution < -0.4 is 0 Å². The third-order valence-corrected chi connectivity index (χ3v) is 1.27. The molecular weight excluding hydrogens is 243 g/mol. The van der Waals surface area contributed by atoms with Crippen LogP contribution in [-0.2, 0) is 15.5 Å². The summed E-state index contributed by atoms with van der Waals surface area (Å²) in [6.07, 6.45) is 0. The number of halogens is 3. The molecule has 0 saturated heterocycles. The maximum atomic E-state index is 9.70. The fraction of sp³-hybridized carbons (Fsp3) is 1.00. The van der Waals surface area contributed by atoms with E-state index in [1.807, 2.05) is 0 Å². The molecule has 0 aromatic heterocycles. The summed E-state index contributed by atoms with van der Waals surface area (Å²) in [6.45, 7) is 0. The molecule has 0 fully saturated rings. The smallest absolute Gasteiger partial charge is 0.284 e. The van der Waals surface area contributed by atoms with Gasteiger partial charge in [-0.2, -0.15) is 4.21 Å². The summed E-state index contributed by atoms with van der Waals surface area (Å²) in [5.41, 5.74) is 0. The molecule has 1 N–H and O–H groups in total. The normalized spacial score (nSPS) is 16.0. The Labute approximate surface area is 66.9 Å². The lowest BCUT2D eigenvalue weighted by Gasteiger charge is -2.05. The van der Waals surface area contributed by atoms with E-state index in [-0.39, 0.29) is 0 Å². The summed E-state index contributed by atoms with van der Waals surface area (Å²) < 4.78 is 19.8. The molecule has 0 heterocycles. The van der Waals surface area contributed by atoms with E-state index in [1.165, 1.54) is 0 Å². The van der Waals surface area contributed by atoms with Crippen LogP contribution >= 0.6 is 39.1 Å². The van der Waals surface area contributed by atoms with Crippen molar-refractivity contribution in [1.82, 2.24) is 0 Å². The molecule has 0 aliphatic carbocycles. The van der Waals surface area contributed by atoms with Crippen LogP contribution in [0.4, 0.5) is 0 Å². The predicted molar refractivity (Wildman–Crippen MR) is 35.2 cm³/mol. The minimum Gasteiger partial charge on any atom is -0.284 e. The van der Waals surface area contributed by atoms with E-state index in [4.69, 9.17) is 27.8 Å². The van der Waals surface area contributed by atoms with E-state index >= 15 is 0 Å². The Morgan fingerprint density at radius 1 is 1.75 bits per heavy atom. The van der Waals surface area contributed by atoms with Gasteiger partial charge in [0.05, 0.1) is 0 Å². The van der Waals surface area contributed by atoms with Crippen LogP contribution in [0.1, 0.15) is 0 Å². The summed E-state index contributed by atoms with van der Waals surface area (Å²) in [5, 5.41) is 0. The first-order chi connectivity index (χ1) is 3.42. The zero-order chi connectivity index (χ0) is 6.78. The average molecular weight is 244 g/mol. The summed E-state index contributed by atoms with van der Waals surface area (Å²) in [6, 6.07) is 0. The summed E-state index contributed by atoms with van der Waals surface area (Å²) >= 11 is 10.2. The molecule has 3 nitrogen and oxygen atoms in total. The molecule has 0 amide bonds. The molecule has 7 heteroatoms. The quantitative estimate of drug-likeness (QED) is 0.593. The van der Waals surface area contributed by atoms with Gasteiger partial charge in [0, 0.05) is 0 Å². The van der Waals surface area contributed by atoms with Gasteiger partial charge in [0.25, 0.3) is 3.43 Å². The van der Waals surface area contributed by atoms with E-state index in [1.54, 1.807) is 0 Å². The fourth-order valence-corrected chi connectivity index (χ4v) is 0.905. The van der Waals surface area contributed by atoms with Crippen molar-refractivity contribution in [3.63, 3.8) is 0 Å². The lowest BCUT2D eigenvalue weighted by atomic mass is 11.7. The molecule has 0 rings (SSSR count). The lowest BCUT2D eigenvalue weighted by Crippen LogP contribution is -2.09. The van der Waals surface area contributed by atoms with Crippen molar-refractivity contribution in [2.75, 3.05) is 0 Å². The van der Waals surface area contributed by atoms with Crippen molar-refractivity contribution in [3.05, 3.63) is 0 Å². The first-order valence-corrected chi connectivity index (χ1v) is 3.87. The van der Waals surface area contributed by atoms with Crippen molar-refractivity contribution in [3.8, 4) is 0 Å². The Bertz CT molecular complexity index is 99.9. The van der Waals surface area contributed by atoms with Gasteiger partial charge in [-0.1, -0.05) is 23.2 Å². The number of rotatable bonds is 2. The second-order valence-electron chi connectivity index (χ2n) is 0.746. The van der Waals surface area contributed by atoms with Crippen molar-refractivity contribution < 1.29 is 12.9 Å². The Kier molecular flexibility index (Phi) is 3.81. The minimum atomic E-state index is -2.45. The third-order valence-electron chi connectivity index (χ3n) is 0.166. The van der Waals surface area contributed by atoms with Crippen LogP contribution in [0.2, 0.25) is 0 Å². The van der Waals surface area contributed by atoms with E-state index in [9.17, 15) is 4.21 Å². The largest absolute Gasteiger partial charge is 0.305 e. The molecule has 0 saturated carbocycles. The van der Waals surface area contributed by atoms with Gasteiger partial charge < -0.3 is 0 Å². The molecule has 1 unspecified atom stereocenters. The first kappa shape index (κ1) is 9.13. The van der Waals surface area contributed by atoms with Crippen molar-refractivity contribution in [1.29, 1.82) is 0 Å². The molecule has 0 radical (unpaired) electrons. The minimum absolute atomic E-state index is 1.77. The maximum absolute atomic E-state index is 9.70. The Morgan fingerprint density at radius 3 is 2.12 bits per heavy atom. The molecular formula is CHBrCl2O3S. The highest BCUT2D eigenvalue weighted by molar-refractivity contribution is 9.11. The molecule has 0 aliphatic rings. The van der Waals surface area contributed by atoms with Gasteiger partial charge in [0.1, 0.15) is 0 Å². The molecule has 0 bridgehead atoms. The van der Waals surface area contributed by atoms with Crippen LogP contribution in [0.15, 0.2) is 0 Å². The highest BCUT2D eigenvalue weighted by atomic mass is 79.9. The SMILES string of the molecule is O=S(O)OC(Cl)(Cl)Br. The maximum Gasteiger partial charge on any atom is 0.305 e. The second-order valence-corrected chi connectivity index (χ2v) is 4.63. The summed E-state index contributed by atoms with van der Waals surface area (Å²) in [7, 11) is 0. The molecule has 0 aliphatic heterocycles. The van der Waals surface area contributed by atoms with Crippen molar-refractivity contribution in [2.45, 2.75) is 3.43 Å². The van der Waals surface area contributed by atoms with Crippen LogP contribution in [0.25, 0.3) is 0 Å². The second kappa shape index (κ2) is 3.34. The monoisotopic (exact) mass is 242 g/mol. The van der Waals surface area contributed by atoms with Crippen molar-refractivity contribution in [2.24, 2.45) is 0 Å². The van der Waals surface area contributed by atoms with E-state index in [0.717, 1.165) is 0 Å². The van der Waals surface area contributed by atoms with Gasteiger partial charge in [0.15, 0.2) is 0 Å². The molecule has 0 spiro atoms. The molecule has 0 aromatic rings. The Balaban J connectivity index is 3.55. The van der Waals surface area contributed by atoms with E-state index in [2.05, 4.69) is 20.1 Å². The highest BCUT2D eigenvalue weighted by Crippen LogP contribution is 2.30. The Morgan fingerprint density at radius 2 is 2.12 bits per heavy atom. The summed E-state index contributed by atoms with van der Waals surface area (Å²) in [5.74, 6) is 0. The topological polar surface area (TPSA) is 46.5 Å². The molecule has 0 aromatic carbocycles. The first-order valence-electron chi connectivity index (χ1n) is 1.29. The third kappa shape index (κ3) is 7.13. The molecule has 50 valence electrons. The molecule has 8 heavy (non-hydrogen) atoms. The lowest BCUT2D eigenvalue weighted by molar-refractivity contribution is 0.319. The average Bonchev–Trinajstić information content (AvgIpc) is 1.21. The van der Waals surface area contributed by atoms with Crippen LogP contribution in [0.5, 0.6) is 0 Å². The van der Waals surface area contributed by atoms with E-state index in [0.29, 0.717) is 0 Å². The Hall–Kier alpha value is 1.13. The number of hydrogen-bond acceptors (Lipinski definition) is 2. The van der Waals surface area contributed by atoms with Gasteiger partial charge in [-0.3, -0.25) is 4.55 Å². The zero-order valence-corrected chi connectivity index (χ0v) is 7.22. The zero-order valence-electron chi connectivity index (χ0n) is 3.31. The summed E-state index contributed by atoms with van der Waals surface area (Å²) in [4.78, 5) is 0. The fourth-order valence-electron chi connectivity index (χ4n) is 0.0808. The van der Waals surface area contributed by atoms with Gasteiger partial charge >= 0.3 is 11.4 Å². The number of alkyl halides is 3. The van der Waals surface area contributed by atoms with Crippen LogP contribution in [0.3, 0.4) is 0 Å². The van der Waals surface area contributed by atoms with Crippen LogP contribution in [0, 0.1) is 0 Å². The standard InChI is InChI=1S/CHBrCl2O3S/c2-1(3,4)7-8(5)6/h(H,5,6). The highest BCUT2D eigenvalue weighted by Gasteiger charge is 2.22. The van der Waals surface area contributed by atoms with Gasteiger partial charge in [-0.25, -0.2) is 4.18 Å². The van der Waals surface area contributed by atoms with E-state index < -0.39 is 14.8 Å². The van der Waals surface area contributed by atoms with Gasteiger partial charge in [-0.15, -0.1) is 0 Å². The number of hydrogen-bond donors (Lipinski definition) is 1.